The molecule has 6 heteroatoms. The van der Waals surface area contributed by atoms with E-state index in [0.29, 0.717) is 22.9 Å². The Morgan fingerprint density at radius 3 is 2.76 bits per heavy atom. The standard InChI is InChI=1S/C27H25N3O3/c1-16-8-5-6-13-30(16)22-15-21(28-17-9-7-10-18(14-17)32-2)23-24-25(22)29-33-27(24)20-12-4-3-11-19(20)26(23)31/h3-4,7,9-12,14-16,28H,5-6,8,13H2,1-2H3. The number of carbonyl (C=O) groups excluding carboxylic acids is 1. The molecule has 6 nitrogen and oxygen atoms in total. The van der Waals surface area contributed by atoms with E-state index in [4.69, 9.17) is 9.26 Å². The maximum Gasteiger partial charge on any atom is 0.196 e. The number of nitrogens with zero attached hydrogens (tertiary/aromatic N) is 2. The molecule has 0 bridgehead atoms. The van der Waals surface area contributed by atoms with E-state index in [1.165, 1.54) is 6.42 Å². The molecular formula is C27H25N3O3. The van der Waals surface area contributed by atoms with Crippen molar-refractivity contribution >= 4 is 33.7 Å². The number of rotatable bonds is 4. The Labute approximate surface area is 192 Å². The average Bonchev–Trinajstić information content (AvgIpc) is 3.29. The lowest BCUT2D eigenvalue weighted by Gasteiger charge is -2.36. The molecule has 1 saturated heterocycles. The molecule has 1 N–H and O–H groups in total. The third-order valence-corrected chi connectivity index (χ3v) is 6.84. The molecule has 166 valence electrons. The zero-order valence-corrected chi connectivity index (χ0v) is 18.7. The van der Waals surface area contributed by atoms with E-state index in [2.05, 4.69) is 28.4 Å². The number of ether oxygens (including phenoxy) is 1. The van der Waals surface area contributed by atoms with E-state index >= 15 is 0 Å². The van der Waals surface area contributed by atoms with Crippen molar-refractivity contribution in [1.29, 1.82) is 0 Å². The van der Waals surface area contributed by atoms with E-state index < -0.39 is 0 Å². The molecule has 0 radical (unpaired) electrons. The van der Waals surface area contributed by atoms with Crippen LogP contribution in [0.3, 0.4) is 0 Å². The lowest BCUT2D eigenvalue weighted by Crippen LogP contribution is -2.37. The number of aromatic nitrogens is 1. The van der Waals surface area contributed by atoms with Crippen molar-refractivity contribution in [2.45, 2.75) is 32.2 Å². The lowest BCUT2D eigenvalue weighted by atomic mass is 9.86. The van der Waals surface area contributed by atoms with Crippen LogP contribution in [0.15, 0.2) is 59.1 Å². The van der Waals surface area contributed by atoms with E-state index in [0.717, 1.165) is 58.7 Å². The molecule has 33 heavy (non-hydrogen) atoms. The van der Waals surface area contributed by atoms with E-state index in [-0.39, 0.29) is 5.78 Å². The summed E-state index contributed by atoms with van der Waals surface area (Å²) < 4.78 is 11.3. The van der Waals surface area contributed by atoms with E-state index in [1.54, 1.807) is 7.11 Å². The summed E-state index contributed by atoms with van der Waals surface area (Å²) in [6, 6.07) is 17.8. The minimum Gasteiger partial charge on any atom is -0.497 e. The number of anilines is 3. The van der Waals surface area contributed by atoms with Gasteiger partial charge in [0, 0.05) is 35.5 Å². The number of hydrogen-bond donors (Lipinski definition) is 1. The summed E-state index contributed by atoms with van der Waals surface area (Å²) in [6.07, 6.45) is 3.50. The van der Waals surface area contributed by atoms with Crippen LogP contribution in [0.25, 0.3) is 22.2 Å². The van der Waals surface area contributed by atoms with Crippen molar-refractivity contribution in [1.82, 2.24) is 5.16 Å². The number of benzene rings is 3. The summed E-state index contributed by atoms with van der Waals surface area (Å²) in [7, 11) is 1.65. The Bertz CT molecular complexity index is 1390. The van der Waals surface area contributed by atoms with E-state index in [9.17, 15) is 4.79 Å². The zero-order valence-electron chi connectivity index (χ0n) is 18.7. The number of carbonyl (C=O) groups is 1. The van der Waals surface area contributed by atoms with Crippen LogP contribution in [0.5, 0.6) is 5.75 Å². The van der Waals surface area contributed by atoms with Crippen LogP contribution in [0.4, 0.5) is 17.1 Å². The predicted octanol–water partition coefficient (Wildman–Crippen LogP) is 6.17. The highest BCUT2D eigenvalue weighted by atomic mass is 16.5. The van der Waals surface area contributed by atoms with Gasteiger partial charge in [-0.1, -0.05) is 35.5 Å². The molecule has 1 fully saturated rings. The van der Waals surface area contributed by atoms with Gasteiger partial charge in [0.15, 0.2) is 11.5 Å². The van der Waals surface area contributed by atoms with Gasteiger partial charge in [-0.15, -0.1) is 0 Å². The third kappa shape index (κ3) is 3.09. The van der Waals surface area contributed by atoms with Gasteiger partial charge in [-0.3, -0.25) is 4.79 Å². The summed E-state index contributed by atoms with van der Waals surface area (Å²) in [6.45, 7) is 3.21. The molecule has 6 rings (SSSR count). The highest BCUT2D eigenvalue weighted by molar-refractivity contribution is 6.28. The molecule has 3 aromatic carbocycles. The summed E-state index contributed by atoms with van der Waals surface area (Å²) in [5.41, 5.74) is 5.42. The average molecular weight is 440 g/mol. The first-order valence-electron chi connectivity index (χ1n) is 11.4. The third-order valence-electron chi connectivity index (χ3n) is 6.84. The van der Waals surface area contributed by atoms with Crippen LogP contribution in [0.2, 0.25) is 0 Å². The molecule has 1 aromatic heterocycles. The summed E-state index contributed by atoms with van der Waals surface area (Å²) in [5.74, 6) is 1.40. The quantitative estimate of drug-likeness (QED) is 0.361. The second-order valence-electron chi connectivity index (χ2n) is 8.82. The number of piperidine rings is 1. The molecule has 1 aliphatic carbocycles. The second-order valence-corrected chi connectivity index (χ2v) is 8.82. The highest BCUT2D eigenvalue weighted by Crippen LogP contribution is 2.47. The highest BCUT2D eigenvalue weighted by Gasteiger charge is 2.34. The van der Waals surface area contributed by atoms with Crippen molar-refractivity contribution in [3.63, 3.8) is 0 Å². The molecule has 0 spiro atoms. The molecule has 2 heterocycles. The molecule has 0 amide bonds. The molecule has 4 aromatic rings. The SMILES string of the molecule is COc1cccc(Nc2cc(N3CCCCC3C)c3noc4c3c2C(=O)c2ccccc2-4)c1. The number of ketones is 1. The van der Waals surface area contributed by atoms with Gasteiger partial charge in [-0.2, -0.15) is 0 Å². The van der Waals surface area contributed by atoms with Crippen molar-refractivity contribution in [2.75, 3.05) is 23.9 Å². The Balaban J connectivity index is 1.61. The molecule has 1 unspecified atom stereocenters. The van der Waals surface area contributed by atoms with Crippen molar-refractivity contribution < 1.29 is 14.1 Å². The normalized spacial score (nSPS) is 17.2. The van der Waals surface area contributed by atoms with Gasteiger partial charge in [0.25, 0.3) is 0 Å². The first kappa shape index (κ1) is 19.9. The number of methoxy groups -OCH3 is 1. The summed E-state index contributed by atoms with van der Waals surface area (Å²) >= 11 is 0. The lowest BCUT2D eigenvalue weighted by molar-refractivity contribution is 0.104. The first-order valence-corrected chi connectivity index (χ1v) is 11.4. The Hall–Kier alpha value is -3.80. The van der Waals surface area contributed by atoms with Crippen LogP contribution < -0.4 is 15.0 Å². The van der Waals surface area contributed by atoms with Gasteiger partial charge in [-0.25, -0.2) is 0 Å². The van der Waals surface area contributed by atoms with Gasteiger partial charge >= 0.3 is 0 Å². The van der Waals surface area contributed by atoms with Crippen LogP contribution >= 0.6 is 0 Å². The fourth-order valence-corrected chi connectivity index (χ4v) is 5.17. The molecular weight excluding hydrogens is 414 g/mol. The van der Waals surface area contributed by atoms with Gasteiger partial charge in [0.05, 0.1) is 29.4 Å². The monoisotopic (exact) mass is 439 g/mol. The van der Waals surface area contributed by atoms with Gasteiger partial charge in [0.2, 0.25) is 0 Å². The van der Waals surface area contributed by atoms with Crippen LogP contribution in [0, 0.1) is 0 Å². The van der Waals surface area contributed by atoms with Crippen LogP contribution in [0.1, 0.15) is 42.1 Å². The maximum absolute atomic E-state index is 13.7. The van der Waals surface area contributed by atoms with Crippen LogP contribution in [-0.4, -0.2) is 30.6 Å². The van der Waals surface area contributed by atoms with Crippen molar-refractivity contribution in [3.05, 3.63) is 65.7 Å². The smallest absolute Gasteiger partial charge is 0.196 e. The number of nitrogens with one attached hydrogen (secondary N) is 1. The molecule has 1 aliphatic heterocycles. The van der Waals surface area contributed by atoms with Gasteiger partial charge in [-0.05, 0) is 44.4 Å². The maximum atomic E-state index is 13.7. The molecule has 0 saturated carbocycles. The summed E-state index contributed by atoms with van der Waals surface area (Å²) in [4.78, 5) is 16.1. The van der Waals surface area contributed by atoms with Crippen molar-refractivity contribution in [2.24, 2.45) is 0 Å². The number of hydrogen-bond acceptors (Lipinski definition) is 6. The molecule has 2 aliphatic rings. The summed E-state index contributed by atoms with van der Waals surface area (Å²) in [5, 5.41) is 8.78. The minimum absolute atomic E-state index is 0.0186. The second kappa shape index (κ2) is 7.66. The Morgan fingerprint density at radius 1 is 1.09 bits per heavy atom. The fourth-order valence-electron chi connectivity index (χ4n) is 5.17. The zero-order chi connectivity index (χ0) is 22.5. The largest absolute Gasteiger partial charge is 0.497 e. The first-order chi connectivity index (χ1) is 16.2. The topological polar surface area (TPSA) is 67.6 Å². The van der Waals surface area contributed by atoms with E-state index in [1.807, 2.05) is 48.5 Å². The minimum atomic E-state index is -0.0186. The van der Waals surface area contributed by atoms with Crippen LogP contribution in [-0.2, 0) is 0 Å². The van der Waals surface area contributed by atoms with Gasteiger partial charge < -0.3 is 19.5 Å². The fraction of sp³-hybridized carbons (Fsp3) is 0.259. The number of fused-ring (bicyclic) bond motifs is 2. The Morgan fingerprint density at radius 2 is 1.94 bits per heavy atom. The Kier molecular flexibility index (Phi) is 4.61. The van der Waals surface area contributed by atoms with Crippen molar-refractivity contribution in [3.8, 4) is 17.1 Å². The predicted molar refractivity (Wildman–Crippen MR) is 130 cm³/mol. The molecule has 1 atom stereocenters. The van der Waals surface area contributed by atoms with Gasteiger partial charge in [0.1, 0.15) is 11.3 Å².